The second-order valence-corrected chi connectivity index (χ2v) is 10.9. The Morgan fingerprint density at radius 1 is 0.755 bits per heavy atom. The summed E-state index contributed by atoms with van der Waals surface area (Å²) in [6.45, 7) is -0.866. The van der Waals surface area contributed by atoms with Crippen molar-refractivity contribution in [1.82, 2.24) is 0 Å². The molecule has 0 fully saturated rings. The topological polar surface area (TPSA) is 215 Å². The minimum Gasteiger partial charge on any atom is -0.480 e. The first-order valence-corrected chi connectivity index (χ1v) is 15.0. The second-order valence-electron chi connectivity index (χ2n) is 9.81. The zero-order chi connectivity index (χ0) is 35.5. The lowest BCUT2D eigenvalue weighted by Gasteiger charge is -2.25. The molecule has 0 bridgehead atoms. The number of hydrogen-bond acceptors (Lipinski definition) is 17. The molecule has 0 saturated heterocycles. The first-order valence-electron chi connectivity index (χ1n) is 14.2. The number of ether oxygens (including phenoxy) is 7. The average molecular weight is 702 g/mol. The number of esters is 6. The number of benzene rings is 2. The van der Waals surface area contributed by atoms with Crippen molar-refractivity contribution in [2.45, 2.75) is 20.8 Å². The Morgan fingerprint density at radius 3 is 1.90 bits per heavy atom. The highest BCUT2D eigenvalue weighted by Crippen LogP contribution is 2.35. The van der Waals surface area contributed by atoms with Gasteiger partial charge in [0.05, 0.1) is 5.69 Å². The highest BCUT2D eigenvalue weighted by molar-refractivity contribution is 7.21. The SMILES string of the molecule is CC(=O)OCOC(=O)COc1cc2cc(-c3[nH+]c4ccccc4s3)c(=O)oc2cc1N(CC(=O)OCOC(C)=O)CC(=O)OCOC(C)=O. The van der Waals surface area contributed by atoms with E-state index in [1.165, 1.54) is 29.5 Å². The van der Waals surface area contributed by atoms with Crippen LogP contribution in [-0.2, 0) is 57.2 Å². The molecule has 0 amide bonds. The van der Waals surface area contributed by atoms with Crippen LogP contribution in [0.2, 0.25) is 0 Å². The highest BCUT2D eigenvalue weighted by Gasteiger charge is 2.25. The molecule has 4 aromatic rings. The zero-order valence-corrected chi connectivity index (χ0v) is 27.1. The number of thiazole rings is 1. The lowest BCUT2D eigenvalue weighted by molar-refractivity contribution is -0.325. The van der Waals surface area contributed by atoms with Crippen LogP contribution in [-0.4, -0.2) is 75.9 Å². The first-order chi connectivity index (χ1) is 23.4. The van der Waals surface area contributed by atoms with E-state index >= 15 is 0 Å². The van der Waals surface area contributed by atoms with Crippen LogP contribution in [0.1, 0.15) is 20.8 Å². The van der Waals surface area contributed by atoms with Gasteiger partial charge in [0, 0.05) is 38.3 Å². The molecule has 18 heteroatoms. The zero-order valence-electron chi connectivity index (χ0n) is 26.3. The molecular formula is C31H29N2O15S+. The van der Waals surface area contributed by atoms with Crippen LogP contribution in [0.5, 0.6) is 5.75 Å². The number of nitrogens with one attached hydrogen (secondary N) is 1. The van der Waals surface area contributed by atoms with E-state index in [9.17, 15) is 33.6 Å². The molecule has 2 aromatic carbocycles. The second kappa shape index (κ2) is 16.7. The molecule has 49 heavy (non-hydrogen) atoms. The van der Waals surface area contributed by atoms with Gasteiger partial charge in [-0.2, -0.15) is 4.98 Å². The average Bonchev–Trinajstić information content (AvgIpc) is 3.46. The molecule has 0 aliphatic rings. The van der Waals surface area contributed by atoms with E-state index in [0.717, 1.165) is 35.9 Å². The van der Waals surface area contributed by atoms with Crippen molar-refractivity contribution in [3.8, 4) is 16.3 Å². The molecule has 0 atom stereocenters. The fraction of sp³-hybridized carbons (Fsp3) is 0.290. The summed E-state index contributed by atoms with van der Waals surface area (Å²) in [7, 11) is 0. The fourth-order valence-electron chi connectivity index (χ4n) is 4.04. The molecule has 258 valence electrons. The molecule has 0 saturated carbocycles. The number of nitrogens with zero attached hydrogens (tertiary/aromatic N) is 1. The molecule has 0 radical (unpaired) electrons. The first kappa shape index (κ1) is 35.8. The van der Waals surface area contributed by atoms with Crippen molar-refractivity contribution in [3.05, 3.63) is 52.9 Å². The molecule has 4 rings (SSSR count). The summed E-state index contributed by atoms with van der Waals surface area (Å²) >= 11 is 1.32. The summed E-state index contributed by atoms with van der Waals surface area (Å²) in [5, 5.41) is 0.826. The maximum atomic E-state index is 13.2. The summed E-state index contributed by atoms with van der Waals surface area (Å²) in [5.41, 5.74) is 0.218. The van der Waals surface area contributed by atoms with Gasteiger partial charge >= 0.3 is 41.4 Å². The van der Waals surface area contributed by atoms with Gasteiger partial charge in [0.2, 0.25) is 25.9 Å². The van der Waals surface area contributed by atoms with E-state index in [4.69, 9.17) is 23.4 Å². The molecule has 0 aliphatic carbocycles. The predicted molar refractivity (Wildman–Crippen MR) is 166 cm³/mol. The lowest BCUT2D eigenvalue weighted by atomic mass is 10.1. The summed E-state index contributed by atoms with van der Waals surface area (Å²) in [6, 6.07) is 11.6. The summed E-state index contributed by atoms with van der Waals surface area (Å²) in [5.74, 6) is -5.11. The van der Waals surface area contributed by atoms with E-state index in [-0.39, 0.29) is 22.6 Å². The Hall–Kier alpha value is -6.04. The van der Waals surface area contributed by atoms with Crippen LogP contribution in [0, 0.1) is 0 Å². The number of fused-ring (bicyclic) bond motifs is 2. The maximum Gasteiger partial charge on any atom is 0.351 e. The quantitative estimate of drug-likeness (QED) is 0.0748. The Morgan fingerprint density at radius 2 is 1.33 bits per heavy atom. The third kappa shape index (κ3) is 10.5. The van der Waals surface area contributed by atoms with Crippen LogP contribution < -0.4 is 20.2 Å². The van der Waals surface area contributed by atoms with Crippen LogP contribution in [0.25, 0.3) is 31.8 Å². The number of carbonyl (C=O) groups excluding carboxylic acids is 6. The van der Waals surface area contributed by atoms with E-state index in [2.05, 4.69) is 19.2 Å². The maximum absolute atomic E-state index is 13.2. The summed E-state index contributed by atoms with van der Waals surface area (Å²) in [6.07, 6.45) is 0. The molecule has 0 unspecified atom stereocenters. The van der Waals surface area contributed by atoms with Crippen LogP contribution >= 0.6 is 11.3 Å². The van der Waals surface area contributed by atoms with Gasteiger partial charge in [0.15, 0.2) is 6.61 Å². The largest absolute Gasteiger partial charge is 0.480 e. The monoisotopic (exact) mass is 701 g/mol. The van der Waals surface area contributed by atoms with Gasteiger partial charge in [-0.05, 0) is 18.2 Å². The number of hydrogen-bond donors (Lipinski definition) is 0. The van der Waals surface area contributed by atoms with Crippen molar-refractivity contribution in [2.24, 2.45) is 0 Å². The van der Waals surface area contributed by atoms with Gasteiger partial charge in [-0.3, -0.25) is 24.0 Å². The van der Waals surface area contributed by atoms with Crippen molar-refractivity contribution in [1.29, 1.82) is 0 Å². The molecule has 2 aromatic heterocycles. The number of anilines is 1. The van der Waals surface area contributed by atoms with Crippen molar-refractivity contribution in [2.75, 3.05) is 45.0 Å². The standard InChI is InChI=1S/C31H28N2O15S/c1-17(34)42-14-45-27(37)11-33(12-28(38)46-15-43-18(2)35)23-10-24-20(9-25(23)41-13-29(39)47-16-44-19(3)36)8-21(31(40)48-24)30-32-22-6-4-5-7-26(22)49-30/h4-10H,11-16H2,1-3H3/p+1. The minimum absolute atomic E-state index is 0.00112. The molecule has 1 N–H and O–H groups in total. The van der Waals surface area contributed by atoms with E-state index in [1.54, 1.807) is 0 Å². The van der Waals surface area contributed by atoms with E-state index in [0.29, 0.717) is 10.4 Å². The van der Waals surface area contributed by atoms with E-state index < -0.39 is 81.5 Å². The van der Waals surface area contributed by atoms with Gasteiger partial charge in [0.1, 0.15) is 34.7 Å². The van der Waals surface area contributed by atoms with Crippen molar-refractivity contribution in [3.63, 3.8) is 0 Å². The van der Waals surface area contributed by atoms with Gasteiger partial charge in [-0.15, -0.1) is 0 Å². The van der Waals surface area contributed by atoms with E-state index in [1.807, 2.05) is 24.3 Å². The van der Waals surface area contributed by atoms with Crippen molar-refractivity contribution >= 4 is 74.0 Å². The summed E-state index contributed by atoms with van der Waals surface area (Å²) in [4.78, 5) is 88.5. The highest BCUT2D eigenvalue weighted by atomic mass is 32.1. The third-order valence-corrected chi connectivity index (χ3v) is 7.28. The van der Waals surface area contributed by atoms with Gasteiger partial charge < -0.3 is 42.5 Å². The molecule has 2 heterocycles. The molecule has 0 aliphatic heterocycles. The van der Waals surface area contributed by atoms with Crippen LogP contribution in [0.4, 0.5) is 5.69 Å². The Kier molecular flexibility index (Phi) is 12.2. The Labute approximate surface area is 280 Å². The summed E-state index contributed by atoms with van der Waals surface area (Å²) < 4.78 is 40.8. The molecule has 17 nitrogen and oxygen atoms in total. The number of H-pyrrole nitrogens is 1. The number of para-hydroxylation sites is 1. The van der Waals surface area contributed by atoms with Gasteiger partial charge in [0.25, 0.3) is 5.01 Å². The number of rotatable bonds is 15. The predicted octanol–water partition coefficient (Wildman–Crippen LogP) is 1.87. The minimum atomic E-state index is -0.974. The Balaban J connectivity index is 1.73. The van der Waals surface area contributed by atoms with Crippen molar-refractivity contribution < 1.29 is 71.3 Å². The number of aromatic nitrogens is 1. The van der Waals surface area contributed by atoms with Crippen LogP contribution in [0.15, 0.2) is 51.7 Å². The lowest BCUT2D eigenvalue weighted by Crippen LogP contribution is -2.37. The Bertz CT molecular complexity index is 1880. The smallest absolute Gasteiger partial charge is 0.351 e. The molecular weight excluding hydrogens is 672 g/mol. The number of aromatic amines is 1. The fourth-order valence-corrected chi connectivity index (χ4v) is 5.05. The van der Waals surface area contributed by atoms with Gasteiger partial charge in [-0.1, -0.05) is 23.5 Å². The molecule has 0 spiro atoms. The van der Waals surface area contributed by atoms with Gasteiger partial charge in [-0.25, -0.2) is 9.59 Å². The third-order valence-electron chi connectivity index (χ3n) is 6.18. The number of carbonyl (C=O) groups is 6. The normalized spacial score (nSPS) is 10.6. The van der Waals surface area contributed by atoms with Crippen LogP contribution in [0.3, 0.4) is 0 Å².